The topological polar surface area (TPSA) is 20.3 Å². The van der Waals surface area contributed by atoms with Crippen molar-refractivity contribution in [3.05, 3.63) is 41.5 Å². The number of allylic oxidation sites excluding steroid dienone is 1. The van der Waals surface area contributed by atoms with Crippen LogP contribution in [0.15, 0.2) is 35.9 Å². The fourth-order valence-corrected chi connectivity index (χ4v) is 3.57. The molecule has 0 radical (unpaired) electrons. The summed E-state index contributed by atoms with van der Waals surface area (Å²) in [4.78, 5) is 14.6. The molecular weight excluding hydrogens is 246 g/mol. The minimum Gasteiger partial charge on any atom is -0.309 e. The van der Waals surface area contributed by atoms with Crippen molar-refractivity contribution in [1.29, 1.82) is 0 Å². The molecule has 1 aliphatic heterocycles. The maximum absolute atomic E-state index is 12.5. The van der Waals surface area contributed by atoms with Crippen molar-refractivity contribution in [1.82, 2.24) is 4.90 Å². The third-order valence-electron chi connectivity index (χ3n) is 4.61. The Kier molecular flexibility index (Phi) is 3.90. The van der Waals surface area contributed by atoms with Crippen LogP contribution in [0.25, 0.3) is 5.70 Å². The molecule has 1 heterocycles. The Bertz CT molecular complexity index is 511. The fourth-order valence-electron chi connectivity index (χ4n) is 3.57. The first-order valence-electron chi connectivity index (χ1n) is 7.84. The van der Waals surface area contributed by atoms with Gasteiger partial charge in [0.15, 0.2) is 0 Å². The summed E-state index contributed by atoms with van der Waals surface area (Å²) in [5, 5.41) is 0. The van der Waals surface area contributed by atoms with Gasteiger partial charge in [0.2, 0.25) is 5.91 Å². The van der Waals surface area contributed by atoms with Crippen molar-refractivity contribution in [3.8, 4) is 0 Å². The van der Waals surface area contributed by atoms with Crippen molar-refractivity contribution in [2.45, 2.75) is 57.9 Å². The SMILES string of the molecule is CC1=C(c2ccccc2)N(C2CCCCC2)C(=O)CC1. The summed E-state index contributed by atoms with van der Waals surface area (Å²) < 4.78 is 0. The number of nitrogens with zero attached hydrogens (tertiary/aromatic N) is 1. The van der Waals surface area contributed by atoms with Gasteiger partial charge in [-0.05, 0) is 37.3 Å². The fraction of sp³-hybridized carbons (Fsp3) is 0.500. The predicted molar refractivity (Wildman–Crippen MR) is 82.0 cm³/mol. The van der Waals surface area contributed by atoms with E-state index >= 15 is 0 Å². The number of hydrogen-bond donors (Lipinski definition) is 0. The lowest BCUT2D eigenvalue weighted by Crippen LogP contribution is -2.42. The zero-order valence-electron chi connectivity index (χ0n) is 12.3. The van der Waals surface area contributed by atoms with E-state index in [4.69, 9.17) is 0 Å². The van der Waals surface area contributed by atoms with Crippen LogP contribution in [0, 0.1) is 0 Å². The largest absolute Gasteiger partial charge is 0.309 e. The van der Waals surface area contributed by atoms with E-state index in [9.17, 15) is 4.79 Å². The van der Waals surface area contributed by atoms with E-state index < -0.39 is 0 Å². The smallest absolute Gasteiger partial charge is 0.227 e. The highest BCUT2D eigenvalue weighted by molar-refractivity contribution is 5.90. The van der Waals surface area contributed by atoms with E-state index in [2.05, 4.69) is 36.1 Å². The Balaban J connectivity index is 1.99. The van der Waals surface area contributed by atoms with Crippen molar-refractivity contribution in [2.24, 2.45) is 0 Å². The molecule has 1 aromatic rings. The number of rotatable bonds is 2. The Morgan fingerprint density at radius 3 is 2.40 bits per heavy atom. The molecule has 1 aliphatic carbocycles. The van der Waals surface area contributed by atoms with Crippen LogP contribution in [0.1, 0.15) is 57.4 Å². The molecule has 1 aromatic carbocycles. The number of amides is 1. The van der Waals surface area contributed by atoms with Crippen molar-refractivity contribution < 1.29 is 4.79 Å². The van der Waals surface area contributed by atoms with E-state index in [0.717, 1.165) is 19.3 Å². The normalized spacial score (nSPS) is 21.4. The zero-order chi connectivity index (χ0) is 13.9. The molecule has 2 heteroatoms. The molecule has 2 nitrogen and oxygen atoms in total. The predicted octanol–water partition coefficient (Wildman–Crippen LogP) is 4.37. The van der Waals surface area contributed by atoms with Gasteiger partial charge in [0.1, 0.15) is 0 Å². The summed E-state index contributed by atoms with van der Waals surface area (Å²) in [5.74, 6) is 0.321. The average Bonchev–Trinajstić information content (AvgIpc) is 2.51. The summed E-state index contributed by atoms with van der Waals surface area (Å²) in [7, 11) is 0. The van der Waals surface area contributed by atoms with Crippen molar-refractivity contribution >= 4 is 11.6 Å². The molecular formula is C18H23NO. The van der Waals surface area contributed by atoms with E-state index in [1.165, 1.54) is 36.1 Å². The van der Waals surface area contributed by atoms with Gasteiger partial charge in [0.25, 0.3) is 0 Å². The summed E-state index contributed by atoms with van der Waals surface area (Å²) in [6.45, 7) is 2.19. The van der Waals surface area contributed by atoms with E-state index in [-0.39, 0.29) is 0 Å². The maximum atomic E-state index is 12.5. The van der Waals surface area contributed by atoms with Gasteiger partial charge in [-0.15, -0.1) is 0 Å². The Labute approximate surface area is 121 Å². The minimum atomic E-state index is 0.321. The molecule has 20 heavy (non-hydrogen) atoms. The zero-order valence-corrected chi connectivity index (χ0v) is 12.3. The summed E-state index contributed by atoms with van der Waals surface area (Å²) in [6, 6.07) is 10.8. The van der Waals surface area contributed by atoms with Crippen LogP contribution in [-0.4, -0.2) is 16.8 Å². The van der Waals surface area contributed by atoms with E-state index in [1.807, 2.05) is 6.07 Å². The Hall–Kier alpha value is -1.57. The first-order valence-corrected chi connectivity index (χ1v) is 7.84. The highest BCUT2D eigenvalue weighted by atomic mass is 16.2. The van der Waals surface area contributed by atoms with Gasteiger partial charge in [-0.25, -0.2) is 0 Å². The van der Waals surface area contributed by atoms with Crippen LogP contribution < -0.4 is 0 Å². The summed E-state index contributed by atoms with van der Waals surface area (Å²) in [6.07, 6.45) is 7.75. The van der Waals surface area contributed by atoms with Crippen LogP contribution in [0.4, 0.5) is 0 Å². The van der Waals surface area contributed by atoms with Gasteiger partial charge < -0.3 is 4.90 Å². The number of hydrogen-bond acceptors (Lipinski definition) is 1. The molecule has 0 spiro atoms. The highest BCUT2D eigenvalue weighted by Gasteiger charge is 2.32. The first-order chi connectivity index (χ1) is 9.77. The summed E-state index contributed by atoms with van der Waals surface area (Å²) >= 11 is 0. The quantitative estimate of drug-likeness (QED) is 0.780. The van der Waals surface area contributed by atoms with Gasteiger partial charge in [0, 0.05) is 12.5 Å². The van der Waals surface area contributed by atoms with Gasteiger partial charge >= 0.3 is 0 Å². The molecule has 1 fully saturated rings. The lowest BCUT2D eigenvalue weighted by molar-refractivity contribution is -0.130. The van der Waals surface area contributed by atoms with Crippen LogP contribution in [0.3, 0.4) is 0 Å². The van der Waals surface area contributed by atoms with Crippen LogP contribution in [0.5, 0.6) is 0 Å². The van der Waals surface area contributed by atoms with Crippen molar-refractivity contribution in [2.75, 3.05) is 0 Å². The van der Waals surface area contributed by atoms with Gasteiger partial charge in [-0.1, -0.05) is 49.6 Å². The van der Waals surface area contributed by atoms with Gasteiger partial charge in [-0.3, -0.25) is 4.79 Å². The van der Waals surface area contributed by atoms with Crippen LogP contribution >= 0.6 is 0 Å². The first kappa shape index (κ1) is 13.4. The molecule has 0 bridgehead atoms. The second kappa shape index (κ2) is 5.82. The lowest BCUT2D eigenvalue weighted by Gasteiger charge is -2.39. The molecule has 0 N–H and O–H groups in total. The van der Waals surface area contributed by atoms with Crippen LogP contribution in [-0.2, 0) is 4.79 Å². The molecule has 0 unspecified atom stereocenters. The second-order valence-electron chi connectivity index (χ2n) is 6.05. The molecule has 1 amide bonds. The standard InChI is InChI=1S/C18H23NO/c1-14-12-13-17(20)19(16-10-6-3-7-11-16)18(14)15-8-4-2-5-9-15/h2,4-5,8-9,16H,3,6-7,10-13H2,1H3. The molecule has 0 aromatic heterocycles. The van der Waals surface area contributed by atoms with Crippen molar-refractivity contribution in [3.63, 3.8) is 0 Å². The molecule has 0 atom stereocenters. The minimum absolute atomic E-state index is 0.321. The van der Waals surface area contributed by atoms with E-state index in [1.54, 1.807) is 0 Å². The molecule has 2 aliphatic rings. The van der Waals surface area contributed by atoms with Gasteiger partial charge in [0.05, 0.1) is 5.70 Å². The molecule has 106 valence electrons. The average molecular weight is 269 g/mol. The number of carbonyl (C=O) groups is 1. The second-order valence-corrected chi connectivity index (χ2v) is 6.05. The Morgan fingerprint density at radius 2 is 1.70 bits per heavy atom. The number of benzene rings is 1. The maximum Gasteiger partial charge on any atom is 0.227 e. The molecule has 3 rings (SSSR count). The third kappa shape index (κ3) is 2.52. The Morgan fingerprint density at radius 1 is 1.00 bits per heavy atom. The third-order valence-corrected chi connectivity index (χ3v) is 4.61. The molecule has 1 saturated carbocycles. The lowest BCUT2D eigenvalue weighted by atomic mass is 9.89. The highest BCUT2D eigenvalue weighted by Crippen LogP contribution is 2.36. The van der Waals surface area contributed by atoms with E-state index in [0.29, 0.717) is 18.4 Å². The molecule has 0 saturated heterocycles. The monoisotopic (exact) mass is 269 g/mol. The van der Waals surface area contributed by atoms with Crippen LogP contribution in [0.2, 0.25) is 0 Å². The van der Waals surface area contributed by atoms with Gasteiger partial charge in [-0.2, -0.15) is 0 Å². The number of carbonyl (C=O) groups excluding carboxylic acids is 1. The summed E-state index contributed by atoms with van der Waals surface area (Å²) in [5.41, 5.74) is 3.75.